The Morgan fingerprint density at radius 2 is 2.47 bits per heavy atom. The van der Waals surface area contributed by atoms with Gasteiger partial charge < -0.3 is 11.1 Å². The van der Waals surface area contributed by atoms with Gasteiger partial charge in [0.05, 0.1) is 10.5 Å². The van der Waals surface area contributed by atoms with Crippen LogP contribution in [-0.2, 0) is 0 Å². The number of carbonyl (C=O) groups excluding carboxylic acids is 1. The van der Waals surface area contributed by atoms with Crippen LogP contribution >= 0.6 is 11.3 Å². The molecule has 15 heavy (non-hydrogen) atoms. The highest BCUT2D eigenvalue weighted by atomic mass is 32.1. The molecule has 0 radical (unpaired) electrons. The van der Waals surface area contributed by atoms with Crippen molar-refractivity contribution in [2.24, 2.45) is 5.73 Å². The molecule has 0 saturated carbocycles. The Labute approximate surface area is 90.2 Å². The standard InChI is InChI=1S/C8H11N3O3S/c1-5(3-9)10-8(12)6-2-7(11(13)14)15-4-6/h2,4-5H,3,9H2,1H3,(H,10,12). The zero-order chi connectivity index (χ0) is 11.4. The fourth-order valence-corrected chi connectivity index (χ4v) is 1.61. The van der Waals surface area contributed by atoms with Gasteiger partial charge in [-0.25, -0.2) is 0 Å². The second-order valence-corrected chi connectivity index (χ2v) is 3.93. The van der Waals surface area contributed by atoms with Crippen LogP contribution in [0, 0.1) is 10.1 Å². The zero-order valence-corrected chi connectivity index (χ0v) is 8.91. The normalized spacial score (nSPS) is 12.1. The van der Waals surface area contributed by atoms with Crippen LogP contribution in [0.15, 0.2) is 11.4 Å². The van der Waals surface area contributed by atoms with E-state index in [9.17, 15) is 14.9 Å². The minimum absolute atomic E-state index is 0.0412. The lowest BCUT2D eigenvalue weighted by molar-refractivity contribution is -0.380. The number of nitrogens with two attached hydrogens (primary N) is 1. The molecule has 1 atom stereocenters. The molecule has 1 amide bonds. The van der Waals surface area contributed by atoms with Crippen molar-refractivity contribution in [3.8, 4) is 0 Å². The third kappa shape index (κ3) is 3.00. The number of nitro groups is 1. The second-order valence-electron chi connectivity index (χ2n) is 3.04. The number of thiophene rings is 1. The number of hydrogen-bond acceptors (Lipinski definition) is 5. The van der Waals surface area contributed by atoms with Crippen molar-refractivity contribution in [3.05, 3.63) is 27.1 Å². The molecule has 0 saturated heterocycles. The first kappa shape index (κ1) is 11.6. The fraction of sp³-hybridized carbons (Fsp3) is 0.375. The smallest absolute Gasteiger partial charge is 0.324 e. The molecule has 1 aromatic heterocycles. The van der Waals surface area contributed by atoms with Crippen LogP contribution < -0.4 is 11.1 Å². The molecule has 0 spiro atoms. The van der Waals surface area contributed by atoms with Crippen molar-refractivity contribution in [2.45, 2.75) is 13.0 Å². The van der Waals surface area contributed by atoms with Crippen LogP contribution in [-0.4, -0.2) is 23.4 Å². The minimum Gasteiger partial charge on any atom is -0.348 e. The maximum absolute atomic E-state index is 11.5. The summed E-state index contributed by atoms with van der Waals surface area (Å²) in [5, 5.41) is 14.4. The van der Waals surface area contributed by atoms with Gasteiger partial charge in [-0.3, -0.25) is 14.9 Å². The Bertz CT molecular complexity index is 377. The van der Waals surface area contributed by atoms with Gasteiger partial charge in [-0.2, -0.15) is 0 Å². The molecule has 1 heterocycles. The molecular formula is C8H11N3O3S. The highest BCUT2D eigenvalue weighted by Crippen LogP contribution is 2.22. The van der Waals surface area contributed by atoms with E-state index in [1.165, 1.54) is 11.4 Å². The zero-order valence-electron chi connectivity index (χ0n) is 8.10. The van der Waals surface area contributed by atoms with Crippen LogP contribution in [0.3, 0.4) is 0 Å². The molecule has 6 nitrogen and oxygen atoms in total. The Hall–Kier alpha value is -1.47. The van der Waals surface area contributed by atoms with Gasteiger partial charge in [0.25, 0.3) is 5.91 Å². The molecule has 0 aliphatic heterocycles. The van der Waals surface area contributed by atoms with Crippen LogP contribution in [0.2, 0.25) is 0 Å². The molecule has 1 unspecified atom stereocenters. The Balaban J connectivity index is 2.70. The first-order chi connectivity index (χ1) is 7.04. The minimum atomic E-state index is -0.520. The van der Waals surface area contributed by atoms with Crippen molar-refractivity contribution in [1.82, 2.24) is 5.32 Å². The van der Waals surface area contributed by atoms with Crippen molar-refractivity contribution >= 4 is 22.2 Å². The van der Waals surface area contributed by atoms with Gasteiger partial charge in [0.1, 0.15) is 0 Å². The first-order valence-electron chi connectivity index (χ1n) is 4.28. The van der Waals surface area contributed by atoms with Crippen LogP contribution in [0.25, 0.3) is 0 Å². The van der Waals surface area contributed by atoms with Gasteiger partial charge in [-0.15, -0.1) is 0 Å². The molecule has 0 bridgehead atoms. The largest absolute Gasteiger partial charge is 0.348 e. The molecule has 82 valence electrons. The molecule has 0 aliphatic rings. The van der Waals surface area contributed by atoms with E-state index in [-0.39, 0.29) is 17.0 Å². The number of nitrogens with one attached hydrogen (secondary N) is 1. The quantitative estimate of drug-likeness (QED) is 0.587. The van der Waals surface area contributed by atoms with E-state index in [2.05, 4.69) is 5.32 Å². The summed E-state index contributed by atoms with van der Waals surface area (Å²) in [4.78, 5) is 21.3. The summed E-state index contributed by atoms with van der Waals surface area (Å²) in [5.41, 5.74) is 5.63. The lowest BCUT2D eigenvalue weighted by atomic mass is 10.2. The molecule has 1 rings (SSSR count). The Morgan fingerprint density at radius 1 is 1.80 bits per heavy atom. The third-order valence-corrected chi connectivity index (χ3v) is 2.64. The third-order valence-electron chi connectivity index (χ3n) is 1.76. The fourth-order valence-electron chi connectivity index (χ4n) is 0.906. The van der Waals surface area contributed by atoms with E-state index in [0.29, 0.717) is 12.1 Å². The lowest BCUT2D eigenvalue weighted by Gasteiger charge is -2.09. The summed E-state index contributed by atoms with van der Waals surface area (Å²) in [5.74, 6) is -0.336. The summed E-state index contributed by atoms with van der Waals surface area (Å²) in [6, 6.07) is 1.11. The van der Waals surface area contributed by atoms with E-state index in [4.69, 9.17) is 5.73 Å². The molecule has 7 heteroatoms. The van der Waals surface area contributed by atoms with Crippen molar-refractivity contribution < 1.29 is 9.72 Å². The molecule has 0 aromatic carbocycles. The Morgan fingerprint density at radius 3 is 2.93 bits per heavy atom. The second kappa shape index (κ2) is 4.85. The predicted octanol–water partition coefficient (Wildman–Crippen LogP) is 0.733. The van der Waals surface area contributed by atoms with Crippen LogP contribution in [0.4, 0.5) is 5.00 Å². The molecular weight excluding hydrogens is 218 g/mol. The van der Waals surface area contributed by atoms with Gasteiger partial charge in [0.15, 0.2) is 0 Å². The highest BCUT2D eigenvalue weighted by molar-refractivity contribution is 7.13. The molecule has 3 N–H and O–H groups in total. The lowest BCUT2D eigenvalue weighted by Crippen LogP contribution is -2.37. The van der Waals surface area contributed by atoms with Gasteiger partial charge in [0, 0.05) is 24.0 Å². The number of amides is 1. The maximum Gasteiger partial charge on any atom is 0.324 e. The average molecular weight is 229 g/mol. The molecule has 0 aliphatic carbocycles. The van der Waals surface area contributed by atoms with Gasteiger partial charge in [-0.1, -0.05) is 11.3 Å². The SMILES string of the molecule is CC(CN)NC(=O)c1csc([N+](=O)[O-])c1. The van der Waals surface area contributed by atoms with Crippen molar-refractivity contribution in [3.63, 3.8) is 0 Å². The van der Waals surface area contributed by atoms with E-state index in [1.807, 2.05) is 0 Å². The van der Waals surface area contributed by atoms with Crippen molar-refractivity contribution in [2.75, 3.05) is 6.54 Å². The summed E-state index contributed by atoms with van der Waals surface area (Å²) in [6.45, 7) is 2.09. The van der Waals surface area contributed by atoms with Gasteiger partial charge in [0.2, 0.25) is 0 Å². The Kier molecular flexibility index (Phi) is 3.75. The number of nitrogens with zero attached hydrogens (tertiary/aromatic N) is 1. The van der Waals surface area contributed by atoms with Gasteiger partial charge in [-0.05, 0) is 6.92 Å². The summed E-state index contributed by atoms with van der Waals surface area (Å²) in [7, 11) is 0. The first-order valence-corrected chi connectivity index (χ1v) is 5.16. The number of rotatable bonds is 4. The summed E-state index contributed by atoms with van der Waals surface area (Å²) in [6.07, 6.45) is 0. The average Bonchev–Trinajstić information content (AvgIpc) is 2.66. The monoisotopic (exact) mass is 229 g/mol. The maximum atomic E-state index is 11.5. The van der Waals surface area contributed by atoms with E-state index in [0.717, 1.165) is 11.3 Å². The number of hydrogen-bond donors (Lipinski definition) is 2. The number of carbonyl (C=O) groups is 1. The van der Waals surface area contributed by atoms with Gasteiger partial charge >= 0.3 is 5.00 Å². The van der Waals surface area contributed by atoms with Crippen molar-refractivity contribution in [1.29, 1.82) is 0 Å². The predicted molar refractivity (Wildman–Crippen MR) is 57.0 cm³/mol. The topological polar surface area (TPSA) is 98.3 Å². The van der Waals surface area contributed by atoms with Crippen LogP contribution in [0.5, 0.6) is 0 Å². The molecule has 0 fully saturated rings. The van der Waals surface area contributed by atoms with E-state index >= 15 is 0 Å². The van der Waals surface area contributed by atoms with Crippen LogP contribution in [0.1, 0.15) is 17.3 Å². The highest BCUT2D eigenvalue weighted by Gasteiger charge is 2.15. The van der Waals surface area contributed by atoms with E-state index in [1.54, 1.807) is 6.92 Å². The summed E-state index contributed by atoms with van der Waals surface area (Å²) >= 11 is 0.930. The molecule has 1 aromatic rings. The van der Waals surface area contributed by atoms with E-state index < -0.39 is 4.92 Å². The summed E-state index contributed by atoms with van der Waals surface area (Å²) < 4.78 is 0.